The number of phenols is 1. The van der Waals surface area contributed by atoms with Gasteiger partial charge in [0.15, 0.2) is 23.4 Å². The first-order valence-electron chi connectivity index (χ1n) is 13.2. The summed E-state index contributed by atoms with van der Waals surface area (Å²) >= 11 is 0. The number of nitrogens with one attached hydrogen (secondary N) is 2. The largest absolute Gasteiger partial charge is 0.504 e. The van der Waals surface area contributed by atoms with Gasteiger partial charge in [-0.3, -0.25) is 24.3 Å². The molecule has 2 aliphatic heterocycles. The Hall–Kier alpha value is -3.17. The highest BCUT2D eigenvalue weighted by molar-refractivity contribution is 5.95. The zero-order valence-corrected chi connectivity index (χ0v) is 21.8. The molecule has 10 heteroatoms. The van der Waals surface area contributed by atoms with Gasteiger partial charge in [-0.1, -0.05) is 12.1 Å². The number of ketones is 1. The van der Waals surface area contributed by atoms with Crippen LogP contribution in [-0.4, -0.2) is 69.9 Å². The molecule has 2 bridgehead atoms. The number of carbonyl (C=O) groups is 3. The van der Waals surface area contributed by atoms with Crippen molar-refractivity contribution in [1.29, 1.82) is 0 Å². The Bertz CT molecular complexity index is 1320. The molecule has 0 unspecified atom stereocenters. The lowest BCUT2D eigenvalue weighted by atomic mass is 9.47. The average molecular weight is 539 g/mol. The maximum absolute atomic E-state index is 13.5. The number of phenolic OH excluding ortho intramolecular Hbond substituents is 1. The molecule has 38 heavy (non-hydrogen) atoms. The van der Waals surface area contributed by atoms with Crippen molar-refractivity contribution in [3.8, 4) is 11.5 Å². The predicted molar refractivity (Wildman–Crippen MR) is 140 cm³/mol. The molecular weight excluding hydrogens is 508 g/mol. The summed E-state index contributed by atoms with van der Waals surface area (Å²) in [5, 5.41) is 16.8. The monoisotopic (exact) mass is 538 g/mol. The van der Waals surface area contributed by atoms with Crippen LogP contribution in [0.15, 0.2) is 36.5 Å². The van der Waals surface area contributed by atoms with Crippen molar-refractivity contribution in [3.63, 3.8) is 0 Å². The fourth-order valence-electron chi connectivity index (χ4n) is 7.60. The number of amides is 2. The Labute approximate surface area is 226 Å². The molecule has 0 radical (unpaired) electrons. The Morgan fingerprint density at radius 1 is 1.18 bits per heavy atom. The van der Waals surface area contributed by atoms with Crippen molar-refractivity contribution in [2.75, 3.05) is 19.6 Å². The van der Waals surface area contributed by atoms with Gasteiger partial charge in [0.25, 0.3) is 5.91 Å². The van der Waals surface area contributed by atoms with Gasteiger partial charge in [-0.25, -0.2) is 0 Å². The van der Waals surface area contributed by atoms with Gasteiger partial charge < -0.3 is 20.5 Å². The third-order valence-corrected chi connectivity index (χ3v) is 9.28. The van der Waals surface area contributed by atoms with E-state index < -0.39 is 23.0 Å². The number of halogens is 1. The SMILES string of the molecule is Cl.O=C(CNC(=O)c1ccccn1)N[C@@]12CCC(=O)[C@@H]3Oc4c(O)ccc5c4[C@@]31CCN(CC1CC1)[C@@H]2C5. The fourth-order valence-corrected chi connectivity index (χ4v) is 7.60. The molecule has 5 aliphatic rings. The van der Waals surface area contributed by atoms with E-state index >= 15 is 0 Å². The van der Waals surface area contributed by atoms with Crippen molar-refractivity contribution in [2.45, 2.75) is 61.6 Å². The minimum atomic E-state index is -0.741. The maximum Gasteiger partial charge on any atom is 0.270 e. The lowest BCUT2D eigenvalue weighted by Crippen LogP contribution is -2.82. The van der Waals surface area contributed by atoms with E-state index in [0.29, 0.717) is 37.4 Å². The maximum atomic E-state index is 13.5. The number of likely N-dealkylation sites (tertiary alicyclic amines) is 1. The molecule has 3 aliphatic carbocycles. The number of carbonyl (C=O) groups excluding carboxylic acids is 3. The van der Waals surface area contributed by atoms with Gasteiger partial charge in [-0.2, -0.15) is 0 Å². The normalized spacial score (nSPS) is 30.5. The number of hydrogen-bond acceptors (Lipinski definition) is 7. The van der Waals surface area contributed by atoms with Gasteiger partial charge in [0, 0.05) is 30.8 Å². The zero-order valence-electron chi connectivity index (χ0n) is 20.9. The predicted octanol–water partition coefficient (Wildman–Crippen LogP) is 1.90. The topological polar surface area (TPSA) is 121 Å². The van der Waals surface area contributed by atoms with E-state index in [0.717, 1.165) is 24.2 Å². The number of hydrogen-bond donors (Lipinski definition) is 3. The molecule has 3 N–H and O–H groups in total. The Morgan fingerprint density at radius 3 is 2.79 bits per heavy atom. The highest BCUT2D eigenvalue weighted by Crippen LogP contribution is 2.65. The minimum Gasteiger partial charge on any atom is -0.504 e. The van der Waals surface area contributed by atoms with Gasteiger partial charge in [0.05, 0.1) is 17.5 Å². The summed E-state index contributed by atoms with van der Waals surface area (Å²) in [6.45, 7) is 1.60. The van der Waals surface area contributed by atoms with E-state index in [1.54, 1.807) is 24.3 Å². The molecular formula is C28H31ClN4O5. The quantitative estimate of drug-likeness (QED) is 0.513. The zero-order chi connectivity index (χ0) is 25.4. The van der Waals surface area contributed by atoms with Crippen molar-refractivity contribution in [1.82, 2.24) is 20.5 Å². The second kappa shape index (κ2) is 8.95. The third-order valence-electron chi connectivity index (χ3n) is 9.28. The summed E-state index contributed by atoms with van der Waals surface area (Å²) in [6, 6.07) is 8.66. The average Bonchev–Trinajstić information content (AvgIpc) is 3.65. The number of pyridine rings is 1. The minimum absolute atomic E-state index is 0. The highest BCUT2D eigenvalue weighted by atomic mass is 35.5. The molecule has 1 saturated heterocycles. The number of piperidine rings is 1. The molecule has 1 aromatic carbocycles. The molecule has 200 valence electrons. The van der Waals surface area contributed by atoms with Gasteiger partial charge in [-0.15, -0.1) is 12.4 Å². The van der Waals surface area contributed by atoms with Crippen LogP contribution >= 0.6 is 12.4 Å². The van der Waals surface area contributed by atoms with E-state index in [2.05, 4.69) is 20.5 Å². The van der Waals surface area contributed by atoms with Gasteiger partial charge in [-0.05, 0) is 68.3 Å². The van der Waals surface area contributed by atoms with E-state index in [4.69, 9.17) is 4.74 Å². The summed E-state index contributed by atoms with van der Waals surface area (Å²) in [5.74, 6) is 0.422. The molecule has 3 fully saturated rings. The second-order valence-electron chi connectivity index (χ2n) is 11.2. The Balaban J connectivity index is 0.00000264. The number of aromatic hydroxyl groups is 1. The summed E-state index contributed by atoms with van der Waals surface area (Å²) in [5.41, 5.74) is 0.751. The second-order valence-corrected chi connectivity index (χ2v) is 11.2. The van der Waals surface area contributed by atoms with Crippen LogP contribution in [0.25, 0.3) is 0 Å². The Morgan fingerprint density at radius 2 is 2.03 bits per heavy atom. The van der Waals surface area contributed by atoms with Crippen molar-refractivity contribution in [3.05, 3.63) is 53.3 Å². The first kappa shape index (κ1) is 25.1. The van der Waals surface area contributed by atoms with Crippen molar-refractivity contribution < 1.29 is 24.2 Å². The molecule has 2 saturated carbocycles. The number of aromatic nitrogens is 1. The van der Waals surface area contributed by atoms with Crippen LogP contribution in [0.1, 0.15) is 53.7 Å². The summed E-state index contributed by atoms with van der Waals surface area (Å²) in [6.07, 6.45) is 5.43. The summed E-state index contributed by atoms with van der Waals surface area (Å²) in [4.78, 5) is 45.9. The van der Waals surface area contributed by atoms with Gasteiger partial charge in [0.2, 0.25) is 5.91 Å². The van der Waals surface area contributed by atoms with E-state index in [1.807, 2.05) is 6.07 Å². The van der Waals surface area contributed by atoms with Crippen LogP contribution in [0.3, 0.4) is 0 Å². The van der Waals surface area contributed by atoms with Crippen LogP contribution in [0.2, 0.25) is 0 Å². The van der Waals surface area contributed by atoms with E-state index in [1.165, 1.54) is 19.0 Å². The van der Waals surface area contributed by atoms with E-state index in [-0.39, 0.29) is 48.1 Å². The van der Waals surface area contributed by atoms with Crippen LogP contribution in [0.4, 0.5) is 0 Å². The van der Waals surface area contributed by atoms with Crippen molar-refractivity contribution in [2.24, 2.45) is 5.92 Å². The van der Waals surface area contributed by atoms with Crippen LogP contribution < -0.4 is 15.4 Å². The summed E-state index contributed by atoms with van der Waals surface area (Å²) in [7, 11) is 0. The lowest BCUT2D eigenvalue weighted by molar-refractivity contribution is -0.149. The third kappa shape index (κ3) is 3.48. The molecule has 2 aromatic rings. The van der Waals surface area contributed by atoms with Crippen molar-refractivity contribution >= 4 is 30.0 Å². The number of nitrogens with zero attached hydrogens (tertiary/aromatic N) is 2. The lowest BCUT2D eigenvalue weighted by Gasteiger charge is -2.65. The standard InChI is InChI=1S/C28H30N4O5.ClH/c33-19-7-6-17-13-21-28(31-22(35)14-30-26(36)18-3-1-2-11-29-18)9-8-20(34)25-27(28,23(17)24(19)37-25)10-12-32(21)15-16-4-5-16;/h1-3,6-7,11,16,21,25,33H,4-5,8-10,12-15H2,(H,30,36)(H,31,35);1H/t21-,25+,27+,28-;/m1./s1. The Kier molecular flexibility index (Phi) is 5.92. The van der Waals surface area contributed by atoms with Gasteiger partial charge in [0.1, 0.15) is 5.69 Å². The number of ether oxygens (including phenoxy) is 1. The van der Waals surface area contributed by atoms with Crippen LogP contribution in [0, 0.1) is 5.92 Å². The number of rotatable bonds is 6. The molecule has 1 aromatic heterocycles. The van der Waals surface area contributed by atoms with Crippen LogP contribution in [-0.2, 0) is 21.4 Å². The molecule has 3 heterocycles. The molecule has 4 atom stereocenters. The number of Topliss-reactive ketones (excluding diaryl/α,β-unsaturated/α-hetero) is 1. The van der Waals surface area contributed by atoms with Crippen LogP contribution in [0.5, 0.6) is 11.5 Å². The first-order valence-corrected chi connectivity index (χ1v) is 13.2. The first-order chi connectivity index (χ1) is 17.9. The van der Waals surface area contributed by atoms with Gasteiger partial charge >= 0.3 is 0 Å². The highest BCUT2D eigenvalue weighted by Gasteiger charge is 2.73. The van der Waals surface area contributed by atoms with E-state index in [9.17, 15) is 19.5 Å². The fraction of sp³-hybridized carbons (Fsp3) is 0.500. The smallest absolute Gasteiger partial charge is 0.270 e. The molecule has 1 spiro atoms. The summed E-state index contributed by atoms with van der Waals surface area (Å²) < 4.78 is 6.27. The molecule has 7 rings (SSSR count). The number of benzene rings is 1. The molecule has 2 amide bonds. The molecule has 9 nitrogen and oxygen atoms in total.